The highest BCUT2D eigenvalue weighted by Crippen LogP contribution is 2.24. The maximum absolute atomic E-state index is 13.3. The molecule has 12 nitrogen and oxygen atoms in total. The lowest BCUT2D eigenvalue weighted by Crippen LogP contribution is -2.47. The van der Waals surface area contributed by atoms with Crippen LogP contribution in [-0.4, -0.2) is 69.0 Å². The predicted octanol–water partition coefficient (Wildman–Crippen LogP) is 2.12. The number of morpholine rings is 1. The van der Waals surface area contributed by atoms with Crippen molar-refractivity contribution in [1.82, 2.24) is 30.1 Å². The first-order valence-corrected chi connectivity index (χ1v) is 10.8. The Hall–Kier alpha value is -3.87. The second-order valence-electron chi connectivity index (χ2n) is 7.81. The van der Waals surface area contributed by atoms with Gasteiger partial charge >= 0.3 is 5.97 Å². The van der Waals surface area contributed by atoms with Crippen LogP contribution in [0.5, 0.6) is 0 Å². The highest BCUT2D eigenvalue weighted by molar-refractivity contribution is 5.70. The number of hydrogen-bond acceptors (Lipinski definition) is 11. The van der Waals surface area contributed by atoms with Crippen LogP contribution in [0.1, 0.15) is 30.8 Å². The zero-order chi connectivity index (χ0) is 24.1. The van der Waals surface area contributed by atoms with E-state index in [0.29, 0.717) is 37.2 Å². The van der Waals surface area contributed by atoms with Crippen LogP contribution in [0.4, 0.5) is 28.1 Å². The topological polar surface area (TPSA) is 143 Å². The number of halogens is 1. The quantitative estimate of drug-likeness (QED) is 0.416. The van der Waals surface area contributed by atoms with Crippen LogP contribution in [0.3, 0.4) is 0 Å². The number of ether oxygens (including phenoxy) is 2. The monoisotopic (exact) mass is 471 g/mol. The Labute approximate surface area is 195 Å². The van der Waals surface area contributed by atoms with Gasteiger partial charge in [-0.15, -0.1) is 0 Å². The molecule has 1 aliphatic rings. The van der Waals surface area contributed by atoms with Crippen molar-refractivity contribution >= 4 is 29.6 Å². The van der Waals surface area contributed by atoms with E-state index in [9.17, 15) is 9.18 Å². The second-order valence-corrected chi connectivity index (χ2v) is 7.81. The van der Waals surface area contributed by atoms with E-state index in [-0.39, 0.29) is 36.4 Å². The molecule has 1 saturated heterocycles. The molecule has 13 heteroatoms. The van der Waals surface area contributed by atoms with E-state index in [0.717, 1.165) is 11.9 Å². The standard InChI is InChI=1S/C21H26FN9O3/c1-12-8-17(30-29-12)25-20-26-19(24-13(2)16-5-4-14(22)10-23-16)27-21(28-20)31-6-7-34-11-15(31)9-18(32)33-3/h4-5,8,10,13,15H,6-7,9,11H2,1-3H3,(H3,24,25,26,27,28,29,30)/t13-,15?/m0/s1. The third-order valence-electron chi connectivity index (χ3n) is 5.22. The summed E-state index contributed by atoms with van der Waals surface area (Å²) in [6, 6.07) is 4.14. The first-order chi connectivity index (χ1) is 16.4. The molecule has 1 aliphatic heterocycles. The highest BCUT2D eigenvalue weighted by atomic mass is 19.1. The molecule has 180 valence electrons. The van der Waals surface area contributed by atoms with Gasteiger partial charge in [0.25, 0.3) is 0 Å². The Morgan fingerprint density at radius 3 is 2.88 bits per heavy atom. The number of hydrogen-bond donors (Lipinski definition) is 3. The number of pyridine rings is 1. The third-order valence-corrected chi connectivity index (χ3v) is 5.22. The van der Waals surface area contributed by atoms with Gasteiger partial charge in [-0.05, 0) is 26.0 Å². The normalized spacial score (nSPS) is 16.7. The lowest BCUT2D eigenvalue weighted by molar-refractivity contribution is -0.141. The summed E-state index contributed by atoms with van der Waals surface area (Å²) in [7, 11) is 1.35. The number of H-pyrrole nitrogens is 1. The second kappa shape index (κ2) is 10.4. The van der Waals surface area contributed by atoms with Crippen LogP contribution >= 0.6 is 0 Å². The fraction of sp³-hybridized carbons (Fsp3) is 0.429. The molecule has 0 aromatic carbocycles. The number of anilines is 4. The lowest BCUT2D eigenvalue weighted by atomic mass is 10.1. The van der Waals surface area contributed by atoms with Crippen molar-refractivity contribution in [2.75, 3.05) is 42.4 Å². The first kappa shape index (κ1) is 23.3. The number of rotatable bonds is 8. The van der Waals surface area contributed by atoms with Crippen molar-refractivity contribution in [2.45, 2.75) is 32.4 Å². The molecular formula is C21H26FN9O3. The van der Waals surface area contributed by atoms with E-state index in [1.54, 1.807) is 6.07 Å². The number of carbonyl (C=O) groups is 1. The summed E-state index contributed by atoms with van der Waals surface area (Å²) >= 11 is 0. The van der Waals surface area contributed by atoms with Gasteiger partial charge in [-0.2, -0.15) is 20.1 Å². The average Bonchev–Trinajstić information content (AvgIpc) is 3.23. The Morgan fingerprint density at radius 2 is 2.18 bits per heavy atom. The SMILES string of the molecule is COC(=O)CC1COCCN1c1nc(Nc2cc(C)[nH]n2)nc(N[C@@H](C)c2ccc(F)cn2)n1. The van der Waals surface area contributed by atoms with Gasteiger partial charge in [-0.3, -0.25) is 14.9 Å². The first-order valence-electron chi connectivity index (χ1n) is 10.8. The number of aromatic amines is 1. The fourth-order valence-electron chi connectivity index (χ4n) is 3.48. The number of methoxy groups -OCH3 is 1. The maximum atomic E-state index is 13.3. The molecule has 3 N–H and O–H groups in total. The average molecular weight is 471 g/mol. The zero-order valence-electron chi connectivity index (χ0n) is 19.1. The number of aryl methyl sites for hydroxylation is 1. The molecule has 3 aromatic heterocycles. The molecule has 4 heterocycles. The molecule has 0 saturated carbocycles. The fourth-order valence-corrected chi connectivity index (χ4v) is 3.48. The van der Waals surface area contributed by atoms with E-state index < -0.39 is 5.82 Å². The van der Waals surface area contributed by atoms with E-state index in [4.69, 9.17) is 9.47 Å². The van der Waals surface area contributed by atoms with E-state index in [2.05, 4.69) is 40.8 Å². The van der Waals surface area contributed by atoms with Gasteiger partial charge in [0, 0.05) is 18.3 Å². The molecule has 0 aliphatic carbocycles. The Bertz CT molecular complexity index is 1120. The van der Waals surface area contributed by atoms with Gasteiger partial charge in [0.2, 0.25) is 17.8 Å². The largest absolute Gasteiger partial charge is 0.469 e. The Kier molecular flexibility index (Phi) is 7.11. The van der Waals surface area contributed by atoms with Crippen molar-refractivity contribution < 1.29 is 18.7 Å². The van der Waals surface area contributed by atoms with Gasteiger partial charge in [-0.25, -0.2) is 4.39 Å². The summed E-state index contributed by atoms with van der Waals surface area (Å²) in [4.78, 5) is 31.6. The van der Waals surface area contributed by atoms with E-state index >= 15 is 0 Å². The van der Waals surface area contributed by atoms with Crippen molar-refractivity contribution in [1.29, 1.82) is 0 Å². The smallest absolute Gasteiger partial charge is 0.307 e. The summed E-state index contributed by atoms with van der Waals surface area (Å²) in [6.07, 6.45) is 1.28. The lowest BCUT2D eigenvalue weighted by Gasteiger charge is -2.35. The van der Waals surface area contributed by atoms with Crippen LogP contribution in [0.25, 0.3) is 0 Å². The molecule has 0 radical (unpaired) electrons. The van der Waals surface area contributed by atoms with Crippen LogP contribution in [0.2, 0.25) is 0 Å². The number of nitrogens with one attached hydrogen (secondary N) is 3. The Balaban J connectivity index is 1.64. The predicted molar refractivity (Wildman–Crippen MR) is 121 cm³/mol. The van der Waals surface area contributed by atoms with Crippen LogP contribution < -0.4 is 15.5 Å². The van der Waals surface area contributed by atoms with Crippen LogP contribution in [0.15, 0.2) is 24.4 Å². The van der Waals surface area contributed by atoms with Gasteiger partial charge < -0.3 is 25.0 Å². The Morgan fingerprint density at radius 1 is 1.35 bits per heavy atom. The number of esters is 1. The highest BCUT2D eigenvalue weighted by Gasteiger charge is 2.29. The molecule has 3 aromatic rings. The summed E-state index contributed by atoms with van der Waals surface area (Å²) in [5.41, 5.74) is 1.49. The van der Waals surface area contributed by atoms with Gasteiger partial charge in [0.15, 0.2) is 5.82 Å². The molecule has 2 atom stereocenters. The van der Waals surface area contributed by atoms with Crippen LogP contribution in [0, 0.1) is 12.7 Å². The minimum Gasteiger partial charge on any atom is -0.469 e. The van der Waals surface area contributed by atoms with E-state index in [1.165, 1.54) is 13.2 Å². The van der Waals surface area contributed by atoms with Gasteiger partial charge in [0.1, 0.15) is 5.82 Å². The summed E-state index contributed by atoms with van der Waals surface area (Å²) in [5.74, 6) is 0.686. The molecular weight excluding hydrogens is 445 g/mol. The van der Waals surface area contributed by atoms with Crippen molar-refractivity contribution in [3.63, 3.8) is 0 Å². The molecule has 0 bridgehead atoms. The van der Waals surface area contributed by atoms with Crippen molar-refractivity contribution in [3.05, 3.63) is 41.6 Å². The number of nitrogens with zero attached hydrogens (tertiary/aromatic N) is 6. The third kappa shape index (κ3) is 5.73. The number of carbonyl (C=O) groups excluding carboxylic acids is 1. The maximum Gasteiger partial charge on any atom is 0.307 e. The van der Waals surface area contributed by atoms with Crippen molar-refractivity contribution in [3.8, 4) is 0 Å². The van der Waals surface area contributed by atoms with E-state index in [1.807, 2.05) is 24.8 Å². The molecule has 34 heavy (non-hydrogen) atoms. The molecule has 1 fully saturated rings. The summed E-state index contributed by atoms with van der Waals surface area (Å²) in [5, 5.41) is 13.3. The molecule has 4 rings (SSSR count). The van der Waals surface area contributed by atoms with Gasteiger partial charge in [-0.1, -0.05) is 0 Å². The minimum absolute atomic E-state index is 0.127. The molecule has 0 spiro atoms. The zero-order valence-corrected chi connectivity index (χ0v) is 19.1. The molecule has 1 unspecified atom stereocenters. The van der Waals surface area contributed by atoms with Crippen molar-refractivity contribution in [2.24, 2.45) is 0 Å². The van der Waals surface area contributed by atoms with Gasteiger partial charge in [0.05, 0.1) is 50.7 Å². The summed E-state index contributed by atoms with van der Waals surface area (Å²) < 4.78 is 23.7. The number of aromatic nitrogens is 6. The minimum atomic E-state index is -0.414. The van der Waals surface area contributed by atoms with Crippen LogP contribution in [-0.2, 0) is 14.3 Å². The summed E-state index contributed by atoms with van der Waals surface area (Å²) in [6.45, 7) is 5.03. The molecule has 0 amide bonds.